The first-order valence-electron chi connectivity index (χ1n) is 6.32. The van der Waals surface area contributed by atoms with E-state index in [2.05, 4.69) is 0 Å². The van der Waals surface area contributed by atoms with Gasteiger partial charge in [-0.25, -0.2) is 0 Å². The summed E-state index contributed by atoms with van der Waals surface area (Å²) in [5, 5.41) is 0. The summed E-state index contributed by atoms with van der Waals surface area (Å²) >= 11 is 0. The van der Waals surface area contributed by atoms with E-state index >= 15 is 0 Å². The van der Waals surface area contributed by atoms with Crippen LogP contribution in [-0.2, 0) is 11.2 Å². The normalized spacial score (nSPS) is 14.6. The molecule has 100 valence electrons. The lowest BCUT2D eigenvalue weighted by Gasteiger charge is -2.28. The van der Waals surface area contributed by atoms with Crippen LogP contribution < -0.4 is 4.74 Å². The first kappa shape index (κ1) is 13.3. The second kappa shape index (κ2) is 6.18. The van der Waals surface area contributed by atoms with Crippen molar-refractivity contribution in [1.29, 1.82) is 0 Å². The van der Waals surface area contributed by atoms with E-state index in [1.165, 1.54) is 6.08 Å². The molecule has 4 heteroatoms. The molecule has 0 saturated heterocycles. The predicted molar refractivity (Wildman–Crippen MR) is 72.4 cm³/mol. The summed E-state index contributed by atoms with van der Waals surface area (Å²) in [5.41, 5.74) is 1.80. The van der Waals surface area contributed by atoms with Crippen molar-refractivity contribution in [2.24, 2.45) is 0 Å². The highest BCUT2D eigenvalue weighted by molar-refractivity contribution is 5.96. The molecule has 0 fully saturated rings. The Kier molecular flexibility index (Phi) is 4.34. The Morgan fingerprint density at radius 1 is 1.42 bits per heavy atom. The average Bonchev–Trinajstić information content (AvgIpc) is 2.45. The van der Waals surface area contributed by atoms with Crippen molar-refractivity contribution >= 4 is 12.2 Å². The number of carbonyl (C=O) groups excluding carboxylic acids is 2. The van der Waals surface area contributed by atoms with Crippen molar-refractivity contribution in [2.45, 2.75) is 12.8 Å². The number of allylic oxidation sites excluding steroid dienone is 1. The van der Waals surface area contributed by atoms with Crippen LogP contribution in [0.3, 0.4) is 0 Å². The Bertz CT molecular complexity index is 508. The minimum absolute atomic E-state index is 0.0587. The van der Waals surface area contributed by atoms with Gasteiger partial charge >= 0.3 is 0 Å². The molecule has 2 rings (SSSR count). The highest BCUT2D eigenvalue weighted by Crippen LogP contribution is 2.23. The molecule has 1 aliphatic rings. The fourth-order valence-electron chi connectivity index (χ4n) is 2.24. The Labute approximate surface area is 112 Å². The molecule has 0 spiro atoms. The largest absolute Gasteiger partial charge is 0.497 e. The van der Waals surface area contributed by atoms with Gasteiger partial charge in [-0.05, 0) is 42.7 Å². The van der Waals surface area contributed by atoms with Crippen LogP contribution in [0.4, 0.5) is 0 Å². The van der Waals surface area contributed by atoms with Crippen LogP contribution >= 0.6 is 0 Å². The summed E-state index contributed by atoms with van der Waals surface area (Å²) in [4.78, 5) is 24.3. The number of aldehydes is 1. The number of hydrogen-bond donors (Lipinski definition) is 0. The van der Waals surface area contributed by atoms with Crippen LogP contribution in [0.25, 0.3) is 0 Å². The highest BCUT2D eigenvalue weighted by Gasteiger charge is 2.23. The average molecular weight is 259 g/mol. The molecular formula is C15H17NO3. The second-order valence-corrected chi connectivity index (χ2v) is 4.42. The number of carbonyl (C=O) groups is 2. The number of ether oxygens (including phenoxy) is 1. The van der Waals surface area contributed by atoms with Crippen molar-refractivity contribution in [2.75, 3.05) is 20.2 Å². The molecule has 0 N–H and O–H groups in total. The van der Waals surface area contributed by atoms with E-state index in [9.17, 15) is 9.59 Å². The molecular weight excluding hydrogens is 242 g/mol. The van der Waals surface area contributed by atoms with Gasteiger partial charge in [0.05, 0.1) is 7.11 Å². The zero-order chi connectivity index (χ0) is 13.7. The molecule has 0 bridgehead atoms. The molecule has 0 saturated carbocycles. The van der Waals surface area contributed by atoms with Crippen LogP contribution in [-0.4, -0.2) is 37.3 Å². The third-order valence-corrected chi connectivity index (χ3v) is 3.26. The maximum atomic E-state index is 12.3. The van der Waals surface area contributed by atoms with Gasteiger partial charge in [0.1, 0.15) is 12.0 Å². The summed E-state index contributed by atoms with van der Waals surface area (Å²) in [6.07, 6.45) is 5.54. The molecule has 19 heavy (non-hydrogen) atoms. The van der Waals surface area contributed by atoms with Gasteiger partial charge in [0.15, 0.2) is 0 Å². The van der Waals surface area contributed by atoms with Crippen molar-refractivity contribution in [3.8, 4) is 5.75 Å². The van der Waals surface area contributed by atoms with E-state index in [1.807, 2.05) is 23.1 Å². The second-order valence-electron chi connectivity index (χ2n) is 4.42. The lowest BCUT2D eigenvalue weighted by molar-refractivity contribution is -0.104. The molecule has 0 radical (unpaired) electrons. The standard InChI is InChI=1S/C15H17NO3/c1-19-13-5-6-14-12(11-13)7-9-16(15(14)18)8-3-2-4-10-17/h2,4-6,10-11H,3,7-9H2,1H3/b4-2+. The van der Waals surface area contributed by atoms with Gasteiger partial charge in [0, 0.05) is 18.7 Å². The number of methoxy groups -OCH3 is 1. The van der Waals surface area contributed by atoms with Crippen molar-refractivity contribution in [1.82, 2.24) is 4.90 Å². The van der Waals surface area contributed by atoms with Crippen LogP contribution in [0.2, 0.25) is 0 Å². The first-order chi connectivity index (χ1) is 9.26. The summed E-state index contributed by atoms with van der Waals surface area (Å²) in [6, 6.07) is 5.56. The first-order valence-corrected chi connectivity index (χ1v) is 6.32. The lowest BCUT2D eigenvalue weighted by atomic mass is 9.98. The number of nitrogens with zero attached hydrogens (tertiary/aromatic N) is 1. The predicted octanol–water partition coefficient (Wildman–Crippen LogP) is 1.84. The SMILES string of the molecule is COc1ccc2c(c1)CCN(CC/C=C/C=O)C2=O. The molecule has 1 aromatic carbocycles. The van der Waals surface area contributed by atoms with Gasteiger partial charge in [-0.15, -0.1) is 0 Å². The fourth-order valence-corrected chi connectivity index (χ4v) is 2.24. The van der Waals surface area contributed by atoms with Crippen molar-refractivity contribution in [3.63, 3.8) is 0 Å². The summed E-state index contributed by atoms with van der Waals surface area (Å²) in [6.45, 7) is 1.36. The number of fused-ring (bicyclic) bond motifs is 1. The third kappa shape index (κ3) is 3.02. The minimum atomic E-state index is 0.0587. The number of benzene rings is 1. The molecule has 0 aliphatic carbocycles. The fraction of sp³-hybridized carbons (Fsp3) is 0.333. The summed E-state index contributed by atoms with van der Waals surface area (Å²) in [7, 11) is 1.62. The third-order valence-electron chi connectivity index (χ3n) is 3.26. The maximum absolute atomic E-state index is 12.3. The molecule has 1 heterocycles. The van der Waals surface area contributed by atoms with Gasteiger partial charge in [-0.1, -0.05) is 6.08 Å². The Morgan fingerprint density at radius 2 is 2.26 bits per heavy atom. The quantitative estimate of drug-likeness (QED) is 0.598. The Hall–Kier alpha value is -2.10. The van der Waals surface area contributed by atoms with E-state index in [0.717, 1.165) is 29.6 Å². The monoisotopic (exact) mass is 259 g/mol. The van der Waals surface area contributed by atoms with Crippen molar-refractivity contribution < 1.29 is 14.3 Å². The van der Waals surface area contributed by atoms with Crippen LogP contribution in [0.5, 0.6) is 5.75 Å². The zero-order valence-corrected chi connectivity index (χ0v) is 11.0. The van der Waals surface area contributed by atoms with Gasteiger partial charge < -0.3 is 9.64 Å². The molecule has 1 amide bonds. The smallest absolute Gasteiger partial charge is 0.254 e. The van der Waals surface area contributed by atoms with Gasteiger partial charge in [-0.2, -0.15) is 0 Å². The van der Waals surface area contributed by atoms with Crippen molar-refractivity contribution in [3.05, 3.63) is 41.5 Å². The van der Waals surface area contributed by atoms with Gasteiger partial charge in [-0.3, -0.25) is 9.59 Å². The van der Waals surface area contributed by atoms with Crippen LogP contribution in [0.1, 0.15) is 22.3 Å². The minimum Gasteiger partial charge on any atom is -0.497 e. The maximum Gasteiger partial charge on any atom is 0.254 e. The summed E-state index contributed by atoms with van der Waals surface area (Å²) < 4.78 is 5.17. The van der Waals surface area contributed by atoms with Gasteiger partial charge in [0.2, 0.25) is 0 Å². The molecule has 1 aromatic rings. The summed E-state index contributed by atoms with van der Waals surface area (Å²) in [5.74, 6) is 0.845. The number of amides is 1. The molecule has 1 aliphatic heterocycles. The number of hydrogen-bond acceptors (Lipinski definition) is 3. The topological polar surface area (TPSA) is 46.6 Å². The van der Waals surface area contributed by atoms with E-state index in [0.29, 0.717) is 19.5 Å². The molecule has 0 atom stereocenters. The Balaban J connectivity index is 2.07. The molecule has 0 unspecified atom stereocenters. The lowest BCUT2D eigenvalue weighted by Crippen LogP contribution is -2.38. The van der Waals surface area contributed by atoms with E-state index in [-0.39, 0.29) is 5.91 Å². The van der Waals surface area contributed by atoms with Gasteiger partial charge in [0.25, 0.3) is 5.91 Å². The van der Waals surface area contributed by atoms with Crippen LogP contribution in [0, 0.1) is 0 Å². The zero-order valence-electron chi connectivity index (χ0n) is 11.0. The number of rotatable bonds is 5. The van der Waals surface area contributed by atoms with Crippen LogP contribution in [0.15, 0.2) is 30.4 Å². The van der Waals surface area contributed by atoms with E-state index in [4.69, 9.17) is 4.74 Å². The van der Waals surface area contributed by atoms with E-state index in [1.54, 1.807) is 13.2 Å². The van der Waals surface area contributed by atoms with E-state index < -0.39 is 0 Å². The highest BCUT2D eigenvalue weighted by atomic mass is 16.5. The molecule has 4 nitrogen and oxygen atoms in total. The Morgan fingerprint density at radius 3 is 3.00 bits per heavy atom. The molecule has 0 aromatic heterocycles.